The second-order valence-corrected chi connectivity index (χ2v) is 6.34. The highest BCUT2D eigenvalue weighted by Gasteiger charge is 2.12. The average molecular weight is 322 g/mol. The number of aromatic nitrogens is 1. The molecule has 0 saturated carbocycles. The van der Waals surface area contributed by atoms with Crippen LogP contribution in [0.5, 0.6) is 0 Å². The second kappa shape index (κ2) is 5.85. The molecule has 4 nitrogen and oxygen atoms in total. The van der Waals surface area contributed by atoms with E-state index in [-0.39, 0.29) is 5.91 Å². The number of amides is 1. The molecule has 1 amide bonds. The van der Waals surface area contributed by atoms with Crippen LogP contribution in [0.15, 0.2) is 59.0 Å². The van der Waals surface area contributed by atoms with Crippen molar-refractivity contribution >= 4 is 38.4 Å². The molecule has 0 atom stereocenters. The van der Waals surface area contributed by atoms with Gasteiger partial charge in [-0.25, -0.2) is 4.98 Å². The molecule has 0 fully saturated rings. The van der Waals surface area contributed by atoms with Crippen molar-refractivity contribution in [3.8, 4) is 0 Å². The Kier molecular flexibility index (Phi) is 3.55. The van der Waals surface area contributed by atoms with Crippen molar-refractivity contribution in [3.63, 3.8) is 0 Å². The SMILES string of the molecule is O=C(NCCc1nc2ccccc2s1)c1cc2ccccc2o1. The number of thiazole rings is 1. The van der Waals surface area contributed by atoms with E-state index < -0.39 is 0 Å². The zero-order valence-corrected chi connectivity index (χ0v) is 13.1. The molecule has 4 aromatic rings. The second-order valence-electron chi connectivity index (χ2n) is 5.23. The van der Waals surface area contributed by atoms with Gasteiger partial charge in [-0.2, -0.15) is 0 Å². The summed E-state index contributed by atoms with van der Waals surface area (Å²) in [6, 6.07) is 17.4. The summed E-state index contributed by atoms with van der Waals surface area (Å²) in [5.74, 6) is 0.151. The third-order valence-electron chi connectivity index (χ3n) is 3.61. The van der Waals surface area contributed by atoms with Gasteiger partial charge in [0.25, 0.3) is 5.91 Å². The first-order chi connectivity index (χ1) is 11.3. The molecule has 2 aromatic heterocycles. The number of para-hydroxylation sites is 2. The maximum absolute atomic E-state index is 12.2. The van der Waals surface area contributed by atoms with Crippen LogP contribution in [0, 0.1) is 0 Å². The molecule has 5 heteroatoms. The minimum absolute atomic E-state index is 0.192. The van der Waals surface area contributed by atoms with E-state index in [1.165, 1.54) is 4.70 Å². The highest BCUT2D eigenvalue weighted by Crippen LogP contribution is 2.22. The summed E-state index contributed by atoms with van der Waals surface area (Å²) in [4.78, 5) is 16.7. The molecule has 0 spiro atoms. The molecule has 0 unspecified atom stereocenters. The fourth-order valence-corrected chi connectivity index (χ4v) is 3.46. The molecule has 0 bridgehead atoms. The molecule has 0 aliphatic carbocycles. The lowest BCUT2D eigenvalue weighted by molar-refractivity contribution is 0.0928. The fraction of sp³-hybridized carbons (Fsp3) is 0.111. The number of furan rings is 1. The van der Waals surface area contributed by atoms with Crippen molar-refractivity contribution in [1.29, 1.82) is 0 Å². The summed E-state index contributed by atoms with van der Waals surface area (Å²) in [5, 5.41) is 4.84. The smallest absolute Gasteiger partial charge is 0.287 e. The summed E-state index contributed by atoms with van der Waals surface area (Å²) < 4.78 is 6.73. The minimum Gasteiger partial charge on any atom is -0.451 e. The third-order valence-corrected chi connectivity index (χ3v) is 4.71. The lowest BCUT2D eigenvalue weighted by atomic mass is 10.2. The molecule has 2 aromatic carbocycles. The van der Waals surface area contributed by atoms with Gasteiger partial charge in [-0.15, -0.1) is 11.3 Å². The van der Waals surface area contributed by atoms with Gasteiger partial charge in [0, 0.05) is 18.4 Å². The number of carbonyl (C=O) groups is 1. The fourth-order valence-electron chi connectivity index (χ4n) is 2.49. The molecule has 2 heterocycles. The highest BCUT2D eigenvalue weighted by molar-refractivity contribution is 7.18. The van der Waals surface area contributed by atoms with Crippen LogP contribution in [0.2, 0.25) is 0 Å². The maximum atomic E-state index is 12.2. The largest absolute Gasteiger partial charge is 0.451 e. The number of fused-ring (bicyclic) bond motifs is 2. The molecular formula is C18H14N2O2S. The molecule has 0 radical (unpaired) electrons. The monoisotopic (exact) mass is 322 g/mol. The van der Waals surface area contributed by atoms with Crippen LogP contribution in [0.3, 0.4) is 0 Å². The molecule has 1 N–H and O–H groups in total. The molecule has 0 aliphatic rings. The van der Waals surface area contributed by atoms with E-state index in [0.717, 1.165) is 21.5 Å². The van der Waals surface area contributed by atoms with E-state index in [0.29, 0.717) is 18.7 Å². The van der Waals surface area contributed by atoms with Gasteiger partial charge in [0.1, 0.15) is 5.58 Å². The van der Waals surface area contributed by atoms with Crippen LogP contribution in [0.25, 0.3) is 21.2 Å². The number of nitrogens with one attached hydrogen (secondary N) is 1. The Morgan fingerprint density at radius 1 is 1.13 bits per heavy atom. The standard InChI is InChI=1S/C18H14N2O2S/c21-18(15-11-12-5-1-3-7-14(12)22-15)19-10-9-17-20-13-6-2-4-8-16(13)23-17/h1-8,11H,9-10H2,(H,19,21). The maximum Gasteiger partial charge on any atom is 0.287 e. The van der Waals surface area contributed by atoms with Gasteiger partial charge in [-0.3, -0.25) is 4.79 Å². The van der Waals surface area contributed by atoms with E-state index in [1.54, 1.807) is 17.4 Å². The number of nitrogens with zero attached hydrogens (tertiary/aromatic N) is 1. The number of hydrogen-bond donors (Lipinski definition) is 1. The van der Waals surface area contributed by atoms with E-state index in [9.17, 15) is 4.79 Å². The first-order valence-electron chi connectivity index (χ1n) is 7.41. The molecule has 0 aliphatic heterocycles. The van der Waals surface area contributed by atoms with Crippen molar-refractivity contribution in [2.45, 2.75) is 6.42 Å². The Morgan fingerprint density at radius 3 is 2.83 bits per heavy atom. The number of carbonyl (C=O) groups excluding carboxylic acids is 1. The van der Waals surface area contributed by atoms with Gasteiger partial charge in [-0.1, -0.05) is 30.3 Å². The predicted molar refractivity (Wildman–Crippen MR) is 91.9 cm³/mol. The first kappa shape index (κ1) is 14.0. The number of hydrogen-bond acceptors (Lipinski definition) is 4. The van der Waals surface area contributed by atoms with Crippen LogP contribution >= 0.6 is 11.3 Å². The van der Waals surface area contributed by atoms with E-state index in [2.05, 4.69) is 16.4 Å². The lowest BCUT2D eigenvalue weighted by Gasteiger charge is -2.00. The first-order valence-corrected chi connectivity index (χ1v) is 8.22. The average Bonchev–Trinajstić information content (AvgIpc) is 3.18. The zero-order valence-electron chi connectivity index (χ0n) is 12.3. The van der Waals surface area contributed by atoms with E-state index >= 15 is 0 Å². The van der Waals surface area contributed by atoms with Crippen LogP contribution < -0.4 is 5.32 Å². The zero-order chi connectivity index (χ0) is 15.6. The predicted octanol–water partition coefficient (Wildman–Crippen LogP) is 4.02. The normalized spacial score (nSPS) is 11.1. The van der Waals surface area contributed by atoms with Crippen molar-refractivity contribution in [2.24, 2.45) is 0 Å². The summed E-state index contributed by atoms with van der Waals surface area (Å²) in [7, 11) is 0. The van der Waals surface area contributed by atoms with Gasteiger partial charge in [0.2, 0.25) is 0 Å². The Hall–Kier alpha value is -2.66. The minimum atomic E-state index is -0.192. The van der Waals surface area contributed by atoms with Crippen molar-refractivity contribution in [3.05, 3.63) is 65.4 Å². The summed E-state index contributed by atoms with van der Waals surface area (Å²) in [6.07, 6.45) is 0.714. The van der Waals surface area contributed by atoms with Gasteiger partial charge in [-0.05, 0) is 24.3 Å². The summed E-state index contributed by atoms with van der Waals surface area (Å²) in [5.41, 5.74) is 1.74. The number of benzene rings is 2. The van der Waals surface area contributed by atoms with Gasteiger partial charge in [0.15, 0.2) is 5.76 Å². The highest BCUT2D eigenvalue weighted by atomic mass is 32.1. The van der Waals surface area contributed by atoms with Crippen LogP contribution in [0.4, 0.5) is 0 Å². The van der Waals surface area contributed by atoms with Gasteiger partial charge < -0.3 is 9.73 Å². The van der Waals surface area contributed by atoms with Gasteiger partial charge >= 0.3 is 0 Å². The topological polar surface area (TPSA) is 55.1 Å². The quantitative estimate of drug-likeness (QED) is 0.617. The Labute approximate surface area is 136 Å². The van der Waals surface area contributed by atoms with Crippen molar-refractivity contribution < 1.29 is 9.21 Å². The van der Waals surface area contributed by atoms with E-state index in [1.807, 2.05) is 42.5 Å². The molecule has 0 saturated heterocycles. The lowest BCUT2D eigenvalue weighted by Crippen LogP contribution is -2.25. The van der Waals surface area contributed by atoms with Crippen molar-refractivity contribution in [2.75, 3.05) is 6.54 Å². The molecular weight excluding hydrogens is 308 g/mol. The van der Waals surface area contributed by atoms with Crippen molar-refractivity contribution in [1.82, 2.24) is 10.3 Å². The van der Waals surface area contributed by atoms with Gasteiger partial charge in [0.05, 0.1) is 15.2 Å². The van der Waals surface area contributed by atoms with Crippen LogP contribution in [0.1, 0.15) is 15.6 Å². The summed E-state index contributed by atoms with van der Waals surface area (Å²) in [6.45, 7) is 0.537. The Morgan fingerprint density at radius 2 is 1.96 bits per heavy atom. The molecule has 114 valence electrons. The Balaban J connectivity index is 1.41. The number of rotatable bonds is 4. The molecule has 4 rings (SSSR count). The van der Waals surface area contributed by atoms with Crippen LogP contribution in [-0.2, 0) is 6.42 Å². The summed E-state index contributed by atoms with van der Waals surface area (Å²) >= 11 is 1.66. The van der Waals surface area contributed by atoms with E-state index in [4.69, 9.17) is 4.42 Å². The third kappa shape index (κ3) is 2.83. The molecule has 23 heavy (non-hydrogen) atoms. The van der Waals surface area contributed by atoms with Crippen LogP contribution in [-0.4, -0.2) is 17.4 Å². The Bertz CT molecular complexity index is 921.